The fourth-order valence-electron chi connectivity index (χ4n) is 15.3. The first-order chi connectivity index (χ1) is 64.2. The van der Waals surface area contributed by atoms with E-state index in [0.717, 1.165) is 83.0 Å². The lowest BCUT2D eigenvalue weighted by atomic mass is 10.0. The van der Waals surface area contributed by atoms with Gasteiger partial charge in [-0.3, -0.25) is 96.2 Å². The van der Waals surface area contributed by atoms with Crippen LogP contribution in [0.3, 0.4) is 0 Å². The number of carbonyl (C=O) groups excluding carboxylic acids is 11. The van der Waals surface area contributed by atoms with Crippen LogP contribution in [0.1, 0.15) is 213 Å². The number of halogens is 2. The zero-order valence-corrected chi connectivity index (χ0v) is 84.8. The number of hydrogen-bond acceptors (Lipinski definition) is 24. The van der Waals surface area contributed by atoms with Gasteiger partial charge in [0.25, 0.3) is 0 Å². The number of piperidine rings is 4. The number of amides is 11. The third kappa shape index (κ3) is 35.6. The lowest BCUT2D eigenvalue weighted by Gasteiger charge is -2.22. The zero-order chi connectivity index (χ0) is 98.9. The molecule has 8 aromatic rings. The molecule has 5 saturated heterocycles. The Labute approximate surface area is 825 Å². The molecule has 5 fully saturated rings. The minimum atomic E-state index is -0.741. The quantitative estimate of drug-likeness (QED) is 0.00721. The van der Waals surface area contributed by atoms with E-state index in [1.54, 1.807) is 82.4 Å². The first-order valence-electron chi connectivity index (χ1n) is 45.4. The molecule has 0 radical (unpaired) electrons. The standard InChI is InChI=1S/C24H34N4O6.C24H30N4O6.C19H26N4O4.C13H12BrN3O3.C11H19NO3.C4H8O.CH4.ClH.H2O.H3P/c2*1-24(2,3)34-22(31)25-13-7-15-33-14-6-9-16-8-5-10-17-20(16)27(4)23(32)28(17)18-11-12-19(29)26-21(18)30;1-22-17-13(6-3-11-27-12-4-10-20)5-2-7-14(17)23(19(22)26)15-8-9-16(24)21-18(15)25;1-16-11-7(14)3-2-4-8(11)17(13(16)20)9-5-6-10(18)15-12(9)19;1-5-8-14-9-6-7-12-10(13)15-11(2,3)4;1-2-4-5-3-1;;;;/h5,8,10,18H,6-7,9,11-15H2,1-4H3,(H,25,31)(H,26,29,30);5,8,10,18H,7,11-15H2,1-4H3,(H,25,31)(H,26,29,30);2,5,7,15H,3-4,6,8-12,20H2,1H3,(H,21,24,25);2-4,9H,5-6H2,1H3,(H,15,18,19);1H,6-9H2,2-4H3,(H,12,13);1-4H2;1H4;1H;1H2;1H3. The van der Waals surface area contributed by atoms with Gasteiger partial charge in [-0.15, -0.1) is 18.8 Å². The number of terminal acetylenes is 1. The number of hydrogen-bond donors (Lipinski definition) is 8. The maximum atomic E-state index is 13.0. The van der Waals surface area contributed by atoms with E-state index in [2.05, 4.69) is 70.9 Å². The minimum Gasteiger partial charge on any atom is -0.444 e. The van der Waals surface area contributed by atoms with E-state index in [4.69, 9.17) is 50.1 Å². The van der Waals surface area contributed by atoms with E-state index in [9.17, 15) is 71.9 Å². The number of nitrogens with zero attached hydrogens (tertiary/aromatic N) is 8. The number of aryl methyl sites for hydroxylation is 6. The fraction of sp³-hybridized carbons (Fsp3) is 0.552. The Morgan fingerprint density at radius 3 is 1.08 bits per heavy atom. The van der Waals surface area contributed by atoms with Gasteiger partial charge in [-0.1, -0.05) is 61.6 Å². The van der Waals surface area contributed by atoms with Gasteiger partial charge in [-0.25, -0.2) is 33.6 Å². The van der Waals surface area contributed by atoms with Crippen molar-refractivity contribution in [3.8, 4) is 24.2 Å². The van der Waals surface area contributed by atoms with Crippen LogP contribution in [-0.4, -0.2) is 217 Å². The van der Waals surface area contributed by atoms with E-state index in [-0.39, 0.29) is 120 Å². The number of imidazole rings is 4. The molecular weight excluding hydrogens is 1910 g/mol. The number of para-hydroxylation sites is 4. The Balaban J connectivity index is 0.000000363. The Hall–Kier alpha value is -11.6. The summed E-state index contributed by atoms with van der Waals surface area (Å²) in [6.45, 7) is 24.2. The molecule has 0 saturated carbocycles. The highest BCUT2D eigenvalue weighted by molar-refractivity contribution is 9.10. The van der Waals surface area contributed by atoms with Crippen molar-refractivity contribution in [3.63, 3.8) is 0 Å². The van der Waals surface area contributed by atoms with Crippen molar-refractivity contribution in [2.45, 2.75) is 226 Å². The second-order valence-electron chi connectivity index (χ2n) is 35.4. The van der Waals surface area contributed by atoms with Crippen LogP contribution in [0.25, 0.3) is 44.1 Å². The molecule has 40 nitrogen and oxygen atoms in total. The number of imide groups is 4. The second-order valence-corrected chi connectivity index (χ2v) is 36.3. The van der Waals surface area contributed by atoms with Gasteiger partial charge in [0.2, 0.25) is 47.3 Å². The summed E-state index contributed by atoms with van der Waals surface area (Å²) in [5.74, 6) is 5.36. The number of alkyl carbamates (subject to hydrolysis) is 3. The molecule has 11 amide bonds. The number of nitrogens with one attached hydrogen (secondary N) is 7. The fourth-order valence-corrected chi connectivity index (χ4v) is 16.0. The zero-order valence-electron chi connectivity index (χ0n) is 81.0. The van der Waals surface area contributed by atoms with E-state index < -0.39 is 82.9 Å². The number of nitrogens with two attached hydrogens (primary N) is 1. The van der Waals surface area contributed by atoms with E-state index >= 15 is 0 Å². The average Bonchev–Trinajstić information content (AvgIpc) is 1.61. The highest BCUT2D eigenvalue weighted by atomic mass is 79.9. The van der Waals surface area contributed by atoms with Gasteiger partial charge in [-0.05, 0) is 222 Å². The monoisotopic (exact) mass is 2040 g/mol. The molecule has 5 unspecified atom stereocenters. The van der Waals surface area contributed by atoms with Crippen LogP contribution in [0, 0.1) is 24.2 Å². The Bertz CT molecular complexity index is 5900. The second kappa shape index (κ2) is 57.8. The molecule has 13 rings (SSSR count). The molecule has 766 valence electrons. The lowest BCUT2D eigenvalue weighted by Crippen LogP contribution is -2.44. The number of ether oxygens (including phenoxy) is 8. The predicted molar refractivity (Wildman–Crippen MR) is 537 cm³/mol. The summed E-state index contributed by atoms with van der Waals surface area (Å²) in [5.41, 5.74) is 11.1. The molecule has 5 atom stereocenters. The molecule has 5 aliphatic rings. The van der Waals surface area contributed by atoms with Crippen LogP contribution in [0.4, 0.5) is 14.4 Å². The molecular formula is C96H139BrClN16O24P. The largest absolute Gasteiger partial charge is 0.444 e. The van der Waals surface area contributed by atoms with E-state index in [1.807, 2.05) is 90.1 Å². The Kier molecular flexibility index (Phi) is 49.8. The van der Waals surface area contributed by atoms with E-state index in [1.165, 1.54) is 40.2 Å². The third-order valence-corrected chi connectivity index (χ3v) is 22.0. The lowest BCUT2D eigenvalue weighted by molar-refractivity contribution is -0.137. The molecule has 5 aliphatic heterocycles. The normalized spacial score (nSPS) is 16.2. The molecule has 139 heavy (non-hydrogen) atoms. The minimum absolute atomic E-state index is 0. The highest BCUT2D eigenvalue weighted by Crippen LogP contribution is 2.31. The Morgan fingerprint density at radius 2 is 0.748 bits per heavy atom. The summed E-state index contributed by atoms with van der Waals surface area (Å²) in [7, 11) is 6.71. The van der Waals surface area contributed by atoms with Gasteiger partial charge in [-0.2, -0.15) is 9.90 Å². The van der Waals surface area contributed by atoms with Crippen LogP contribution in [0.15, 0.2) is 96.4 Å². The number of aromatic nitrogens is 8. The first-order valence-corrected chi connectivity index (χ1v) is 46.2. The number of carbonyl (C=O) groups is 11. The molecule has 0 spiro atoms. The molecule has 0 aliphatic carbocycles. The van der Waals surface area contributed by atoms with Crippen LogP contribution >= 0.6 is 38.2 Å². The van der Waals surface area contributed by atoms with Gasteiger partial charge in [0.15, 0.2) is 0 Å². The third-order valence-electron chi connectivity index (χ3n) is 21.4. The van der Waals surface area contributed by atoms with Crippen molar-refractivity contribution >= 4 is 148 Å². The van der Waals surface area contributed by atoms with Crippen LogP contribution in [-0.2, 0) is 117 Å². The highest BCUT2D eigenvalue weighted by Gasteiger charge is 2.37. The van der Waals surface area contributed by atoms with Crippen molar-refractivity contribution in [2.24, 2.45) is 33.9 Å². The SMILES string of the molecule is C.C#CCOCCCNC(=O)OC(C)(C)C.C1CCOC1.Cl.Cn1c(=O)n(C2CCC(=O)NC2=O)c2cccc(Br)c21.Cn1c(=O)n(C2CCC(=O)NC2=O)c2cccc(C#CCOCCCNC(=O)OC(C)(C)C)c21.Cn1c(=O)n(C2CCC(=O)NC2=O)c2cccc(CCCOCCCN)c21.Cn1c(=O)n(C2CCC(=O)NC2=O)c2cccc(CCCOCCCNC(=O)OC(C)(C)C)c21.O.P. The summed E-state index contributed by atoms with van der Waals surface area (Å²) in [6.07, 6.45) is 14.3. The topological polar surface area (TPSA) is 511 Å². The maximum absolute atomic E-state index is 13.0. The number of rotatable bonds is 29. The predicted octanol–water partition coefficient (Wildman–Crippen LogP) is 8.12. The average molecular weight is 2050 g/mol. The molecule has 0 bridgehead atoms. The smallest absolute Gasteiger partial charge is 0.407 e. The molecule has 9 heterocycles. The summed E-state index contributed by atoms with van der Waals surface area (Å²) < 4.78 is 54.9. The molecule has 11 N–H and O–H groups in total. The Morgan fingerprint density at radius 1 is 0.446 bits per heavy atom. The van der Waals surface area contributed by atoms with Gasteiger partial charge in [0, 0.05) is 131 Å². The molecule has 4 aromatic heterocycles. The number of fused-ring (bicyclic) bond motifs is 4. The van der Waals surface area contributed by atoms with Crippen molar-refractivity contribution in [1.29, 1.82) is 0 Å². The first kappa shape index (κ1) is 120. The van der Waals surface area contributed by atoms with Crippen LogP contribution in [0.5, 0.6) is 0 Å². The summed E-state index contributed by atoms with van der Waals surface area (Å²) in [4.78, 5) is 180. The van der Waals surface area contributed by atoms with Crippen molar-refractivity contribution in [2.75, 3.05) is 92.2 Å². The van der Waals surface area contributed by atoms with Crippen LogP contribution in [0.2, 0.25) is 0 Å². The van der Waals surface area contributed by atoms with Gasteiger partial charge >= 0.3 is 41.0 Å². The van der Waals surface area contributed by atoms with Crippen molar-refractivity contribution in [3.05, 3.63) is 136 Å². The maximum Gasteiger partial charge on any atom is 0.407 e. The number of benzene rings is 4. The van der Waals surface area contributed by atoms with Crippen molar-refractivity contribution < 1.29 is 96.1 Å². The summed E-state index contributed by atoms with van der Waals surface area (Å²) in [6, 6.07) is 19.5. The molecule has 43 heteroatoms. The van der Waals surface area contributed by atoms with Gasteiger partial charge < -0.3 is 65.1 Å². The summed E-state index contributed by atoms with van der Waals surface area (Å²) >= 11 is 3.42. The summed E-state index contributed by atoms with van der Waals surface area (Å²) in [5, 5.41) is 17.2. The van der Waals surface area contributed by atoms with Crippen molar-refractivity contribution in [1.82, 2.24) is 73.8 Å². The van der Waals surface area contributed by atoms with Gasteiger partial charge in [0.1, 0.15) is 54.2 Å². The van der Waals surface area contributed by atoms with Crippen LogP contribution < -0.4 is 65.7 Å². The molecule has 4 aromatic carbocycles. The van der Waals surface area contributed by atoms with Gasteiger partial charge in [0.05, 0.1) is 49.7 Å². The van der Waals surface area contributed by atoms with E-state index in [0.29, 0.717) is 139 Å².